The molecular weight excluding hydrogens is 247 g/mol. The predicted molar refractivity (Wildman–Crippen MR) is 70.5 cm³/mol. The van der Waals surface area contributed by atoms with Crippen LogP contribution in [0.3, 0.4) is 0 Å². The molecule has 0 heterocycles. The number of hydrogen-bond acceptors (Lipinski definition) is 1. The van der Waals surface area contributed by atoms with E-state index in [4.69, 9.17) is 23.8 Å². The molecule has 0 atom stereocenters. The normalized spacial score (nSPS) is 9.94. The van der Waals surface area contributed by atoms with Crippen LogP contribution in [-0.4, -0.2) is 11.7 Å². The molecule has 0 bridgehead atoms. The van der Waals surface area contributed by atoms with Crippen molar-refractivity contribution in [3.05, 3.63) is 29.0 Å². The van der Waals surface area contributed by atoms with Crippen molar-refractivity contribution in [3.63, 3.8) is 0 Å². The highest BCUT2D eigenvalue weighted by molar-refractivity contribution is 7.80. The molecule has 0 saturated carbocycles. The molecule has 2 nitrogen and oxygen atoms in total. The van der Waals surface area contributed by atoms with Crippen LogP contribution in [-0.2, 0) is 0 Å². The van der Waals surface area contributed by atoms with Crippen LogP contribution in [0.25, 0.3) is 0 Å². The van der Waals surface area contributed by atoms with Crippen molar-refractivity contribution in [2.24, 2.45) is 0 Å². The molecule has 88 valence electrons. The lowest BCUT2D eigenvalue weighted by atomic mass is 10.3. The molecule has 1 aromatic carbocycles. The third-order valence-electron chi connectivity index (χ3n) is 1.94. The lowest BCUT2D eigenvalue weighted by Crippen LogP contribution is -2.29. The third-order valence-corrected chi connectivity index (χ3v) is 2.40. The maximum Gasteiger partial charge on any atom is 0.170 e. The van der Waals surface area contributed by atoms with E-state index >= 15 is 0 Å². The first-order chi connectivity index (χ1) is 7.61. The minimum atomic E-state index is -0.383. The summed E-state index contributed by atoms with van der Waals surface area (Å²) in [6.07, 6.45) is 2.15. The minimum absolute atomic E-state index is 0.346. The molecule has 0 unspecified atom stereocenters. The van der Waals surface area contributed by atoms with Crippen LogP contribution < -0.4 is 10.6 Å². The van der Waals surface area contributed by atoms with Crippen LogP contribution in [0.5, 0.6) is 0 Å². The van der Waals surface area contributed by atoms with Gasteiger partial charge in [-0.05, 0) is 36.8 Å². The molecule has 0 aromatic heterocycles. The van der Waals surface area contributed by atoms with Gasteiger partial charge in [0.1, 0.15) is 5.82 Å². The van der Waals surface area contributed by atoms with Crippen molar-refractivity contribution in [3.8, 4) is 0 Å². The second-order valence-electron chi connectivity index (χ2n) is 3.39. The molecule has 0 aliphatic rings. The first-order valence-electron chi connectivity index (χ1n) is 5.12. The van der Waals surface area contributed by atoms with E-state index < -0.39 is 0 Å². The van der Waals surface area contributed by atoms with Gasteiger partial charge in [-0.2, -0.15) is 0 Å². The lowest BCUT2D eigenvalue weighted by Gasteiger charge is -2.10. The van der Waals surface area contributed by atoms with Crippen LogP contribution in [0.2, 0.25) is 5.02 Å². The summed E-state index contributed by atoms with van der Waals surface area (Å²) < 4.78 is 13.0. The Labute approximate surface area is 105 Å². The zero-order valence-electron chi connectivity index (χ0n) is 9.02. The lowest BCUT2D eigenvalue weighted by molar-refractivity contribution is 0.628. The molecule has 1 rings (SSSR count). The molecule has 0 radical (unpaired) electrons. The monoisotopic (exact) mass is 260 g/mol. The topological polar surface area (TPSA) is 24.1 Å². The number of unbranched alkanes of at least 4 members (excludes halogenated alkanes) is 1. The van der Waals surface area contributed by atoms with E-state index in [0.29, 0.717) is 15.8 Å². The Morgan fingerprint density at radius 1 is 1.44 bits per heavy atom. The number of thiocarbonyl (C=S) groups is 1. The highest BCUT2D eigenvalue weighted by atomic mass is 35.5. The Hall–Kier alpha value is -0.870. The van der Waals surface area contributed by atoms with E-state index in [1.165, 1.54) is 12.1 Å². The van der Waals surface area contributed by atoms with Crippen molar-refractivity contribution < 1.29 is 4.39 Å². The minimum Gasteiger partial charge on any atom is -0.362 e. The summed E-state index contributed by atoms with van der Waals surface area (Å²) in [5, 5.41) is 6.73. The second kappa shape index (κ2) is 6.66. The summed E-state index contributed by atoms with van der Waals surface area (Å²) >= 11 is 10.8. The molecule has 0 amide bonds. The van der Waals surface area contributed by atoms with Crippen molar-refractivity contribution in [2.45, 2.75) is 19.8 Å². The Kier molecular flexibility index (Phi) is 5.49. The van der Waals surface area contributed by atoms with Gasteiger partial charge in [-0.1, -0.05) is 24.9 Å². The van der Waals surface area contributed by atoms with Crippen LogP contribution in [0.1, 0.15) is 19.8 Å². The van der Waals surface area contributed by atoms with Crippen molar-refractivity contribution >= 4 is 34.6 Å². The molecule has 0 aliphatic heterocycles. The number of hydrogen-bond donors (Lipinski definition) is 2. The Morgan fingerprint density at radius 2 is 2.19 bits per heavy atom. The number of anilines is 1. The van der Waals surface area contributed by atoms with Gasteiger partial charge in [-0.25, -0.2) is 4.39 Å². The average Bonchev–Trinajstić information content (AvgIpc) is 2.16. The van der Waals surface area contributed by atoms with Gasteiger partial charge in [0.25, 0.3) is 0 Å². The van der Waals surface area contributed by atoms with Gasteiger partial charge < -0.3 is 10.6 Å². The maximum atomic E-state index is 13.0. The molecule has 0 fully saturated rings. The summed E-state index contributed by atoms with van der Waals surface area (Å²) in [5.41, 5.74) is 0.555. The standard InChI is InChI=1S/C11H14ClFN2S/c1-2-3-4-14-11(16)15-10-6-8(12)5-9(13)7-10/h5-7H,2-4H2,1H3,(H2,14,15,16). The molecule has 0 saturated heterocycles. The molecular formula is C11H14ClFN2S. The highest BCUT2D eigenvalue weighted by Gasteiger charge is 2.01. The Bertz CT molecular complexity index is 351. The van der Waals surface area contributed by atoms with Gasteiger partial charge in [-0.15, -0.1) is 0 Å². The van der Waals surface area contributed by atoms with Gasteiger partial charge >= 0.3 is 0 Å². The zero-order valence-corrected chi connectivity index (χ0v) is 10.6. The molecule has 2 N–H and O–H groups in total. The number of benzene rings is 1. The SMILES string of the molecule is CCCCNC(=S)Nc1cc(F)cc(Cl)c1. The van der Waals surface area contributed by atoms with Gasteiger partial charge in [0, 0.05) is 17.3 Å². The van der Waals surface area contributed by atoms with E-state index in [0.717, 1.165) is 19.4 Å². The average molecular weight is 261 g/mol. The summed E-state index contributed by atoms with van der Waals surface area (Å²) in [4.78, 5) is 0. The summed E-state index contributed by atoms with van der Waals surface area (Å²) in [7, 11) is 0. The van der Waals surface area contributed by atoms with E-state index in [1.807, 2.05) is 0 Å². The van der Waals surface area contributed by atoms with Crippen LogP contribution in [0, 0.1) is 5.82 Å². The fourth-order valence-electron chi connectivity index (χ4n) is 1.18. The smallest absolute Gasteiger partial charge is 0.170 e. The molecule has 16 heavy (non-hydrogen) atoms. The molecule has 1 aromatic rings. The third kappa shape index (κ3) is 4.77. The van der Waals surface area contributed by atoms with Crippen LogP contribution in [0.15, 0.2) is 18.2 Å². The molecule has 5 heteroatoms. The van der Waals surface area contributed by atoms with Gasteiger partial charge in [0.05, 0.1) is 0 Å². The maximum absolute atomic E-state index is 13.0. The van der Waals surface area contributed by atoms with Crippen LogP contribution >= 0.6 is 23.8 Å². The predicted octanol–water partition coefficient (Wildman–Crippen LogP) is 3.57. The first-order valence-corrected chi connectivity index (χ1v) is 5.91. The van der Waals surface area contributed by atoms with Gasteiger partial charge in [0.2, 0.25) is 0 Å². The van der Waals surface area contributed by atoms with Crippen molar-refractivity contribution in [1.29, 1.82) is 0 Å². The van der Waals surface area contributed by atoms with Crippen LogP contribution in [0.4, 0.5) is 10.1 Å². The highest BCUT2D eigenvalue weighted by Crippen LogP contribution is 2.17. The van der Waals surface area contributed by atoms with Gasteiger partial charge in [-0.3, -0.25) is 0 Å². The van der Waals surface area contributed by atoms with E-state index in [1.54, 1.807) is 6.07 Å². The largest absolute Gasteiger partial charge is 0.362 e. The fourth-order valence-corrected chi connectivity index (χ4v) is 1.62. The van der Waals surface area contributed by atoms with E-state index in [9.17, 15) is 4.39 Å². The zero-order chi connectivity index (χ0) is 12.0. The quantitative estimate of drug-likeness (QED) is 0.639. The summed E-state index contributed by atoms with van der Waals surface area (Å²) in [6.45, 7) is 2.91. The molecule has 0 spiro atoms. The van der Waals surface area contributed by atoms with Crippen molar-refractivity contribution in [1.82, 2.24) is 5.32 Å². The van der Waals surface area contributed by atoms with E-state index in [2.05, 4.69) is 17.6 Å². The number of nitrogens with one attached hydrogen (secondary N) is 2. The van der Waals surface area contributed by atoms with Gasteiger partial charge in [0.15, 0.2) is 5.11 Å². The van der Waals surface area contributed by atoms with E-state index in [-0.39, 0.29) is 5.82 Å². The first kappa shape index (κ1) is 13.2. The van der Waals surface area contributed by atoms with Crippen molar-refractivity contribution in [2.75, 3.05) is 11.9 Å². The number of rotatable bonds is 4. The fraction of sp³-hybridized carbons (Fsp3) is 0.364. The Balaban J connectivity index is 2.49. The summed E-state index contributed by atoms with van der Waals surface area (Å²) in [5.74, 6) is -0.383. The summed E-state index contributed by atoms with van der Waals surface area (Å²) in [6, 6.07) is 4.22. The molecule has 0 aliphatic carbocycles. The number of halogens is 2. The second-order valence-corrected chi connectivity index (χ2v) is 4.24. The Morgan fingerprint density at radius 3 is 2.81 bits per heavy atom.